The molecule has 0 aromatic heterocycles. The van der Waals surface area contributed by atoms with Gasteiger partial charge in [0, 0.05) is 10.6 Å². The summed E-state index contributed by atoms with van der Waals surface area (Å²) in [6.45, 7) is 4.89. The zero-order valence-electron chi connectivity index (χ0n) is 11.1. The summed E-state index contributed by atoms with van der Waals surface area (Å²) in [4.78, 5) is 0.489. The molecule has 0 spiro atoms. The fraction of sp³-hybridized carbons (Fsp3) is 0.500. The largest absolute Gasteiger partial charge is 0.398 e. The van der Waals surface area contributed by atoms with E-state index in [9.17, 15) is 12.6 Å². The molecule has 0 amide bonds. The fourth-order valence-electron chi connectivity index (χ4n) is 1.26. The summed E-state index contributed by atoms with van der Waals surface area (Å²) in [7, 11) is -4.67. The summed E-state index contributed by atoms with van der Waals surface area (Å²) in [6.07, 6.45) is 0. The summed E-state index contributed by atoms with van der Waals surface area (Å²) < 4.78 is 35.0. The molecule has 0 bridgehead atoms. The van der Waals surface area contributed by atoms with Crippen molar-refractivity contribution in [2.24, 2.45) is 0 Å². The lowest BCUT2D eigenvalue weighted by Crippen LogP contribution is -2.32. The molecule has 7 heteroatoms. The third kappa shape index (κ3) is 4.19. The Kier molecular flexibility index (Phi) is 5.03. The van der Waals surface area contributed by atoms with Gasteiger partial charge < -0.3 is 5.73 Å². The third-order valence-electron chi connectivity index (χ3n) is 2.71. The lowest BCUT2D eigenvalue weighted by Gasteiger charge is -2.18. The highest BCUT2D eigenvalue weighted by molar-refractivity contribution is 7.94. The van der Waals surface area contributed by atoms with Gasteiger partial charge in [-0.25, -0.2) is 8.42 Å². The van der Waals surface area contributed by atoms with Gasteiger partial charge in [-0.05, 0) is 39.0 Å². The van der Waals surface area contributed by atoms with E-state index in [0.29, 0.717) is 15.6 Å². The Labute approximate surface area is 121 Å². The molecule has 1 rings (SSSR count). The Hall–Kier alpha value is -0.590. The Morgan fingerprint density at radius 3 is 2.37 bits per heavy atom. The van der Waals surface area contributed by atoms with E-state index >= 15 is 0 Å². The number of anilines is 1. The lowest BCUT2D eigenvalue weighted by molar-refractivity contribution is 0.561. The molecule has 19 heavy (non-hydrogen) atoms. The Morgan fingerprint density at radius 1 is 1.32 bits per heavy atom. The van der Waals surface area contributed by atoms with Crippen LogP contribution >= 0.6 is 11.6 Å². The smallest absolute Gasteiger partial charge is 0.156 e. The van der Waals surface area contributed by atoms with Gasteiger partial charge in [-0.15, -0.1) is 0 Å². The van der Waals surface area contributed by atoms with Crippen molar-refractivity contribution >= 4 is 37.9 Å². The van der Waals surface area contributed by atoms with E-state index in [4.69, 9.17) is 17.3 Å². The summed E-state index contributed by atoms with van der Waals surface area (Å²) in [5.41, 5.74) is 5.97. The van der Waals surface area contributed by atoms with Crippen molar-refractivity contribution < 1.29 is 12.6 Å². The maximum Gasteiger partial charge on any atom is 0.156 e. The molecule has 1 aromatic carbocycles. The Morgan fingerprint density at radius 2 is 1.89 bits per heavy atom. The molecule has 4 nitrogen and oxygen atoms in total. The second-order valence-corrected chi connectivity index (χ2v) is 10.0. The first-order chi connectivity index (χ1) is 8.54. The molecule has 0 aliphatic rings. The molecule has 0 saturated carbocycles. The topological polar surface area (TPSA) is 77.2 Å². The number of halogens is 1. The zero-order chi connectivity index (χ0) is 14.8. The number of hydrogen-bond donors (Lipinski definition) is 1. The first-order valence-corrected chi connectivity index (χ1v) is 9.05. The van der Waals surface area contributed by atoms with Crippen LogP contribution in [-0.2, 0) is 20.6 Å². The van der Waals surface area contributed by atoms with Gasteiger partial charge >= 0.3 is 0 Å². The van der Waals surface area contributed by atoms with Crippen molar-refractivity contribution in [1.82, 2.24) is 0 Å². The molecule has 1 unspecified atom stereocenters. The van der Waals surface area contributed by atoms with Crippen molar-refractivity contribution in [2.75, 3.05) is 17.2 Å². The summed E-state index contributed by atoms with van der Waals surface area (Å²) in [5, 5.41) is 0.324. The molecular weight excluding hydrogens is 306 g/mol. The molecule has 0 aliphatic carbocycles. The van der Waals surface area contributed by atoms with E-state index in [1.165, 1.54) is 6.07 Å². The van der Waals surface area contributed by atoms with Crippen LogP contribution in [0.1, 0.15) is 20.8 Å². The fourth-order valence-corrected chi connectivity index (χ4v) is 4.30. The van der Waals surface area contributed by atoms with Crippen LogP contribution in [0, 0.1) is 0 Å². The molecule has 2 N–H and O–H groups in total. The third-order valence-corrected chi connectivity index (χ3v) is 7.25. The van der Waals surface area contributed by atoms with E-state index in [1.807, 2.05) is 0 Å². The summed E-state index contributed by atoms with van der Waals surface area (Å²) >= 11 is 5.84. The van der Waals surface area contributed by atoms with Crippen LogP contribution in [0.25, 0.3) is 0 Å². The van der Waals surface area contributed by atoms with Crippen LogP contribution < -0.4 is 5.73 Å². The van der Waals surface area contributed by atoms with Gasteiger partial charge in [0.05, 0.1) is 32.0 Å². The van der Waals surface area contributed by atoms with Crippen molar-refractivity contribution in [3.63, 3.8) is 0 Å². The maximum atomic E-state index is 12.0. The first-order valence-electron chi connectivity index (χ1n) is 5.70. The SMILES string of the molecule is CC(C)(C)S(=O)(=O)CCS(=O)c1ccc(N)c(Cl)c1. The number of hydrogen-bond acceptors (Lipinski definition) is 4. The molecule has 0 aliphatic heterocycles. The normalized spacial score (nSPS) is 14.3. The van der Waals surface area contributed by atoms with E-state index in [-0.39, 0.29) is 11.5 Å². The van der Waals surface area contributed by atoms with Gasteiger partial charge in [0.2, 0.25) is 0 Å². The maximum absolute atomic E-state index is 12.0. The number of nitrogen functional groups attached to an aromatic ring is 1. The van der Waals surface area contributed by atoms with Crippen molar-refractivity contribution in [1.29, 1.82) is 0 Å². The average Bonchev–Trinajstić information content (AvgIpc) is 2.28. The van der Waals surface area contributed by atoms with Crippen LogP contribution in [0.3, 0.4) is 0 Å². The van der Waals surface area contributed by atoms with Crippen molar-refractivity contribution in [2.45, 2.75) is 30.4 Å². The average molecular weight is 324 g/mol. The minimum Gasteiger partial charge on any atom is -0.398 e. The highest BCUT2D eigenvalue weighted by atomic mass is 35.5. The minimum absolute atomic E-state index is 0.0554. The lowest BCUT2D eigenvalue weighted by atomic mass is 10.3. The molecule has 0 fully saturated rings. The number of nitrogens with two attached hydrogens (primary N) is 1. The van der Waals surface area contributed by atoms with Gasteiger partial charge in [-0.2, -0.15) is 0 Å². The molecule has 1 aromatic rings. The van der Waals surface area contributed by atoms with Gasteiger partial charge in [-0.1, -0.05) is 11.6 Å². The van der Waals surface area contributed by atoms with Gasteiger partial charge in [-0.3, -0.25) is 4.21 Å². The first kappa shape index (κ1) is 16.5. The predicted octanol–water partition coefficient (Wildman–Crippen LogP) is 2.24. The van der Waals surface area contributed by atoms with Gasteiger partial charge in [0.15, 0.2) is 9.84 Å². The highest BCUT2D eigenvalue weighted by Gasteiger charge is 2.29. The van der Waals surface area contributed by atoms with E-state index in [1.54, 1.807) is 32.9 Å². The summed E-state index contributed by atoms with van der Waals surface area (Å²) in [5.74, 6) is -0.0645. The van der Waals surface area contributed by atoms with Crippen LogP contribution in [0.4, 0.5) is 5.69 Å². The van der Waals surface area contributed by atoms with E-state index in [2.05, 4.69) is 0 Å². The van der Waals surface area contributed by atoms with Crippen LogP contribution in [0.5, 0.6) is 0 Å². The van der Waals surface area contributed by atoms with Gasteiger partial charge in [0.1, 0.15) is 0 Å². The van der Waals surface area contributed by atoms with E-state index in [0.717, 1.165) is 0 Å². The van der Waals surface area contributed by atoms with Crippen LogP contribution in [0.2, 0.25) is 5.02 Å². The predicted molar refractivity (Wildman–Crippen MR) is 80.7 cm³/mol. The molecule has 0 radical (unpaired) electrons. The number of sulfone groups is 1. The van der Waals surface area contributed by atoms with Crippen LogP contribution in [0.15, 0.2) is 23.1 Å². The van der Waals surface area contributed by atoms with E-state index < -0.39 is 25.4 Å². The monoisotopic (exact) mass is 323 g/mol. The van der Waals surface area contributed by atoms with Crippen molar-refractivity contribution in [3.8, 4) is 0 Å². The number of benzene rings is 1. The molecule has 0 saturated heterocycles. The molecule has 108 valence electrons. The quantitative estimate of drug-likeness (QED) is 0.862. The van der Waals surface area contributed by atoms with Crippen molar-refractivity contribution in [3.05, 3.63) is 23.2 Å². The second kappa shape index (κ2) is 5.81. The zero-order valence-corrected chi connectivity index (χ0v) is 13.5. The van der Waals surface area contributed by atoms with Crippen LogP contribution in [-0.4, -0.2) is 28.9 Å². The summed E-state index contributed by atoms with van der Waals surface area (Å²) in [6, 6.07) is 4.67. The highest BCUT2D eigenvalue weighted by Crippen LogP contribution is 2.22. The molecule has 1 atom stereocenters. The molecular formula is C12H18ClNO3S2. The number of rotatable bonds is 4. The minimum atomic E-state index is -3.27. The Balaban J connectivity index is 2.79. The molecule has 0 heterocycles. The standard InChI is InChI=1S/C12H18ClNO3S2/c1-12(2,3)19(16,17)7-6-18(15)9-4-5-11(14)10(13)8-9/h4-5,8H,6-7,14H2,1-3H3. The Bertz CT molecular complexity index is 591. The van der Waals surface area contributed by atoms with Gasteiger partial charge in [0.25, 0.3) is 0 Å². The second-order valence-electron chi connectivity index (χ2n) is 5.16.